The van der Waals surface area contributed by atoms with Crippen molar-refractivity contribution in [1.82, 2.24) is 0 Å². The monoisotopic (exact) mass is 310 g/mol. The maximum absolute atomic E-state index is 6.06. The van der Waals surface area contributed by atoms with E-state index in [1.807, 2.05) is 0 Å². The van der Waals surface area contributed by atoms with E-state index in [2.05, 4.69) is 51.1 Å². The summed E-state index contributed by atoms with van der Waals surface area (Å²) in [6, 6.07) is 10.8. The van der Waals surface area contributed by atoms with Gasteiger partial charge in [0.2, 0.25) is 0 Å². The molecule has 0 aliphatic carbocycles. The van der Waals surface area contributed by atoms with Gasteiger partial charge in [0.25, 0.3) is 0 Å². The summed E-state index contributed by atoms with van der Waals surface area (Å²) in [5.74, 6) is 1.36. The lowest BCUT2D eigenvalue weighted by molar-refractivity contribution is -0.0441. The minimum Gasteiger partial charge on any atom is -0.492 e. The summed E-state index contributed by atoms with van der Waals surface area (Å²) >= 11 is 0. The zero-order chi connectivity index (χ0) is 16.0. The Bertz CT molecular complexity index is 745. The minimum atomic E-state index is -0.224. The maximum Gasteiger partial charge on any atom is 0.184 e. The summed E-state index contributed by atoms with van der Waals surface area (Å²) in [5, 5.41) is 0. The lowest BCUT2D eigenvalue weighted by Crippen LogP contribution is -2.06. The van der Waals surface area contributed by atoms with Crippen molar-refractivity contribution in [2.75, 3.05) is 19.8 Å². The number of hydrogen-bond donors (Lipinski definition) is 0. The first-order valence-electron chi connectivity index (χ1n) is 8.21. The van der Waals surface area contributed by atoms with E-state index in [9.17, 15) is 0 Å². The molecule has 4 rings (SSSR count). The van der Waals surface area contributed by atoms with E-state index in [1.165, 1.54) is 27.8 Å². The summed E-state index contributed by atoms with van der Waals surface area (Å²) < 4.78 is 17.3. The van der Waals surface area contributed by atoms with Gasteiger partial charge in [-0.15, -0.1) is 0 Å². The number of fused-ring (bicyclic) bond motifs is 1. The Kier molecular flexibility index (Phi) is 3.63. The van der Waals surface area contributed by atoms with E-state index in [0.717, 1.165) is 11.3 Å². The van der Waals surface area contributed by atoms with Gasteiger partial charge < -0.3 is 14.2 Å². The summed E-state index contributed by atoms with van der Waals surface area (Å²) in [6.07, 6.45) is -0.224. The molecule has 23 heavy (non-hydrogen) atoms. The van der Waals surface area contributed by atoms with E-state index in [1.54, 1.807) is 0 Å². The molecule has 1 atom stereocenters. The third-order valence-corrected chi connectivity index (χ3v) is 4.98. The maximum atomic E-state index is 6.06. The lowest BCUT2D eigenvalue weighted by Gasteiger charge is -2.16. The predicted molar refractivity (Wildman–Crippen MR) is 89.1 cm³/mol. The van der Waals surface area contributed by atoms with E-state index < -0.39 is 0 Å². The van der Waals surface area contributed by atoms with Gasteiger partial charge in [0.15, 0.2) is 6.29 Å². The van der Waals surface area contributed by atoms with Gasteiger partial charge in [0, 0.05) is 17.0 Å². The van der Waals surface area contributed by atoms with Crippen molar-refractivity contribution in [1.29, 1.82) is 0 Å². The van der Waals surface area contributed by atoms with Crippen LogP contribution >= 0.6 is 0 Å². The van der Waals surface area contributed by atoms with E-state index in [-0.39, 0.29) is 12.2 Å². The fourth-order valence-corrected chi connectivity index (χ4v) is 3.68. The van der Waals surface area contributed by atoms with Crippen molar-refractivity contribution in [3.8, 4) is 5.75 Å². The third kappa shape index (κ3) is 2.44. The van der Waals surface area contributed by atoms with Crippen LogP contribution in [0.25, 0.3) is 0 Å². The first-order valence-corrected chi connectivity index (χ1v) is 8.21. The summed E-state index contributed by atoms with van der Waals surface area (Å²) in [7, 11) is 0. The fraction of sp³-hybridized carbons (Fsp3) is 0.400. The Balaban J connectivity index is 1.74. The highest BCUT2D eigenvalue weighted by atomic mass is 16.7. The number of rotatable bonds is 2. The molecule has 2 aliphatic rings. The van der Waals surface area contributed by atoms with Crippen molar-refractivity contribution in [2.45, 2.75) is 33.0 Å². The van der Waals surface area contributed by atoms with Gasteiger partial charge >= 0.3 is 0 Å². The van der Waals surface area contributed by atoms with E-state index in [4.69, 9.17) is 14.2 Å². The summed E-state index contributed by atoms with van der Waals surface area (Å²) in [4.78, 5) is 0. The number of aryl methyl sites for hydroxylation is 2. The van der Waals surface area contributed by atoms with Crippen LogP contribution < -0.4 is 4.74 Å². The minimum absolute atomic E-state index is 0.224. The standard InChI is InChI=1S/C20H22O3/c1-12-9-13(2)18-17(11-23-19(18)14(12)3)15-5-4-6-16(10-15)20-21-7-8-22-20/h4-6,9-10,17,20H,7-8,11H2,1-3H3. The summed E-state index contributed by atoms with van der Waals surface area (Å²) in [6.45, 7) is 8.52. The van der Waals surface area contributed by atoms with Crippen molar-refractivity contribution < 1.29 is 14.2 Å². The van der Waals surface area contributed by atoms with Crippen molar-refractivity contribution in [2.24, 2.45) is 0 Å². The summed E-state index contributed by atoms with van der Waals surface area (Å²) in [5.41, 5.74) is 7.56. The predicted octanol–water partition coefficient (Wildman–Crippen LogP) is 4.18. The smallest absolute Gasteiger partial charge is 0.184 e. The van der Waals surface area contributed by atoms with Gasteiger partial charge in [-0.1, -0.05) is 24.3 Å². The zero-order valence-corrected chi connectivity index (χ0v) is 13.9. The Hall–Kier alpha value is -1.84. The fourth-order valence-electron chi connectivity index (χ4n) is 3.68. The molecule has 0 aromatic heterocycles. The Labute approximate surface area is 137 Å². The highest BCUT2D eigenvalue weighted by Gasteiger charge is 2.30. The molecule has 120 valence electrons. The van der Waals surface area contributed by atoms with Gasteiger partial charge in [0.1, 0.15) is 5.75 Å². The zero-order valence-electron chi connectivity index (χ0n) is 13.9. The average Bonchev–Trinajstić information content (AvgIpc) is 3.22. The van der Waals surface area contributed by atoms with Crippen LogP contribution in [0.15, 0.2) is 30.3 Å². The van der Waals surface area contributed by atoms with Crippen LogP contribution in [0.2, 0.25) is 0 Å². The molecule has 0 amide bonds. The second-order valence-electron chi connectivity index (χ2n) is 6.49. The molecular weight excluding hydrogens is 288 g/mol. The van der Waals surface area contributed by atoms with E-state index in [0.29, 0.717) is 19.8 Å². The van der Waals surface area contributed by atoms with Gasteiger partial charge in [-0.2, -0.15) is 0 Å². The molecule has 0 saturated carbocycles. The SMILES string of the molecule is Cc1cc(C)c2c(c1C)OCC2c1cccc(C2OCCO2)c1. The largest absolute Gasteiger partial charge is 0.492 e. The topological polar surface area (TPSA) is 27.7 Å². The third-order valence-electron chi connectivity index (χ3n) is 4.98. The number of benzene rings is 2. The molecule has 1 saturated heterocycles. The van der Waals surface area contributed by atoms with Crippen LogP contribution in [0.4, 0.5) is 0 Å². The van der Waals surface area contributed by atoms with Gasteiger partial charge in [-0.3, -0.25) is 0 Å². The number of ether oxygens (including phenoxy) is 3. The van der Waals surface area contributed by atoms with Crippen molar-refractivity contribution in [3.63, 3.8) is 0 Å². The molecule has 2 aromatic carbocycles. The van der Waals surface area contributed by atoms with Crippen LogP contribution in [0.1, 0.15) is 45.6 Å². The molecule has 0 N–H and O–H groups in total. The molecule has 2 heterocycles. The molecule has 2 aliphatic heterocycles. The van der Waals surface area contributed by atoms with Gasteiger partial charge in [0.05, 0.1) is 19.8 Å². The van der Waals surface area contributed by atoms with Gasteiger partial charge in [-0.25, -0.2) is 0 Å². The van der Waals surface area contributed by atoms with Crippen LogP contribution in [0, 0.1) is 20.8 Å². The molecule has 0 radical (unpaired) electrons. The molecule has 0 spiro atoms. The number of hydrogen-bond acceptors (Lipinski definition) is 3. The van der Waals surface area contributed by atoms with Crippen LogP contribution in [-0.4, -0.2) is 19.8 Å². The average molecular weight is 310 g/mol. The Morgan fingerprint density at radius 1 is 0.913 bits per heavy atom. The molecule has 1 fully saturated rings. The molecule has 0 bridgehead atoms. The van der Waals surface area contributed by atoms with Crippen molar-refractivity contribution in [3.05, 3.63) is 63.7 Å². The molecule has 3 heteroatoms. The quantitative estimate of drug-likeness (QED) is 0.833. The normalized spacial score (nSPS) is 20.6. The Morgan fingerprint density at radius 2 is 1.65 bits per heavy atom. The second kappa shape index (κ2) is 5.66. The first-order chi connectivity index (χ1) is 11.1. The molecule has 2 aromatic rings. The second-order valence-corrected chi connectivity index (χ2v) is 6.49. The molecule has 3 nitrogen and oxygen atoms in total. The highest BCUT2D eigenvalue weighted by molar-refractivity contribution is 5.56. The molecular formula is C20H22O3. The Morgan fingerprint density at radius 3 is 2.43 bits per heavy atom. The first kappa shape index (κ1) is 14.7. The molecule has 1 unspecified atom stereocenters. The highest BCUT2D eigenvalue weighted by Crippen LogP contribution is 2.43. The van der Waals surface area contributed by atoms with Gasteiger partial charge in [-0.05, 0) is 49.1 Å². The lowest BCUT2D eigenvalue weighted by atomic mass is 9.87. The van der Waals surface area contributed by atoms with Crippen LogP contribution in [0.5, 0.6) is 5.75 Å². The van der Waals surface area contributed by atoms with E-state index >= 15 is 0 Å². The van der Waals surface area contributed by atoms with Crippen LogP contribution in [-0.2, 0) is 9.47 Å². The van der Waals surface area contributed by atoms with Crippen molar-refractivity contribution >= 4 is 0 Å². The van der Waals surface area contributed by atoms with Crippen LogP contribution in [0.3, 0.4) is 0 Å².